The van der Waals surface area contributed by atoms with Crippen LogP contribution in [-0.4, -0.2) is 94.7 Å². The van der Waals surface area contributed by atoms with E-state index in [-0.39, 0.29) is 112 Å². The first kappa shape index (κ1) is 78.8. The summed E-state index contributed by atoms with van der Waals surface area (Å²) >= 11 is 20.1. The van der Waals surface area contributed by atoms with E-state index in [2.05, 4.69) is 101 Å². The molecule has 0 unspecified atom stereocenters. The summed E-state index contributed by atoms with van der Waals surface area (Å²) in [7, 11) is 0. The van der Waals surface area contributed by atoms with Crippen LogP contribution in [0.3, 0.4) is 0 Å². The molecule has 506 valence electrons. The number of pyridine rings is 2. The molecule has 0 fully saturated rings. The number of aromatic nitrogens is 10. The number of benzene rings is 5. The molecule has 39 heteroatoms. The second kappa shape index (κ2) is 38.9. The maximum atomic E-state index is 12.6. The van der Waals surface area contributed by atoms with Crippen molar-refractivity contribution in [3.8, 4) is 48.4 Å². The molecule has 29 nitrogen and oxygen atoms in total. The zero-order chi connectivity index (χ0) is 71.8. The fourth-order valence-corrected chi connectivity index (χ4v) is 12.9. The average molecular weight is 1600 g/mol. The van der Waals surface area contributed by atoms with Gasteiger partial charge in [-0.05, 0) is 19.1 Å². The number of nitrogens with zero attached hydrogens (tertiary/aromatic N) is 13. The summed E-state index contributed by atoms with van der Waals surface area (Å²) < 4.78 is 0. The topological polar surface area (TPSA) is 450 Å². The minimum absolute atomic E-state index is 0. The number of nitrogens with two attached hydrogens (primary N) is 3. The van der Waals surface area contributed by atoms with Crippen LogP contribution in [-0.2, 0) is 27.0 Å². The minimum atomic E-state index is -0.572. The number of thiophene rings is 2. The molecule has 4 amide bonds. The summed E-state index contributed by atoms with van der Waals surface area (Å²) in [6.45, 7) is 3.14. The van der Waals surface area contributed by atoms with Crippen molar-refractivity contribution < 1.29 is 85.2 Å². The number of non-ortho nitro benzene ring substituents is 1. The zero-order valence-corrected chi connectivity index (χ0v) is 63.5. The van der Waals surface area contributed by atoms with Crippen LogP contribution < -0.4 is 89.9 Å². The fourth-order valence-electron chi connectivity index (χ4n) is 7.71. The van der Waals surface area contributed by atoms with Gasteiger partial charge in [-0.2, -0.15) is 5.26 Å². The van der Waals surface area contributed by atoms with Gasteiger partial charge in [0.25, 0.3) is 23.2 Å². The number of nitrogen functional groups attached to an aromatic ring is 3. The van der Waals surface area contributed by atoms with Crippen molar-refractivity contribution >= 4 is 206 Å². The number of nitrogens with one attached hydrogen (secondary N) is 4. The summed E-state index contributed by atoms with van der Waals surface area (Å²) in [5.74, 6) is -0.977. The largest absolute Gasteiger partial charge is 1.00 e. The van der Waals surface area contributed by atoms with Crippen LogP contribution in [0.2, 0.25) is 5.02 Å². The quantitative estimate of drug-likeness (QED) is 0.0175. The summed E-state index contributed by atoms with van der Waals surface area (Å²) in [4.78, 5) is 86.5. The maximum Gasteiger partial charge on any atom is 1.00 e. The standard InChI is InChI=1S/C16H10N6O3S2.C16H12N6OS2.C11H11N3OS.C10H8BrN3OS.C7H3ClN2O2.C2H4OS.K/c17-11-10-6-9(22(24)25)7-18-15(10)26-12(11)13(23)19-16-21-20-14(27-16)8-4-2-1-3-5-8;17-9-6-10-11(18)12(24-15(10)19-7-9)13(23)20-16-22-21-14(25-16)8-4-2-1-3-5-8;1-2-9(15)12-11-14-13-10(16-11)8-6-4-3-5-7-8;11-6-8(15)12-10-14-13-9(16-10)7-4-2-1-3-5-7;8-7-2-1-6(10(11)12)3-5(7)4-9;1-2(3)4;/h1-7H,17H2,(H,19,21,23);1-7H,17-18H2,(H,20,22,23);3-7H,2H2,1H3,(H,12,14,15);1-5H,6H2,(H,12,14,15);1-3H;1H3,(H,3,4);/q;;;;;;+1/p-1. The predicted molar refractivity (Wildman–Crippen MR) is 399 cm³/mol. The summed E-state index contributed by atoms with van der Waals surface area (Å²) in [6, 6.07) is 47.1. The molecule has 0 aliphatic rings. The van der Waals surface area contributed by atoms with Gasteiger partial charge in [0.15, 0.2) is 0 Å². The van der Waals surface area contributed by atoms with Crippen LogP contribution in [0.4, 0.5) is 49.0 Å². The molecule has 13 rings (SSSR count). The van der Waals surface area contributed by atoms with Crippen LogP contribution >= 0.6 is 95.6 Å². The Morgan fingerprint density at radius 3 is 1.25 bits per heavy atom. The van der Waals surface area contributed by atoms with E-state index >= 15 is 0 Å². The Morgan fingerprint density at radius 2 is 0.891 bits per heavy atom. The molecule has 0 radical (unpaired) electrons. The van der Waals surface area contributed by atoms with Gasteiger partial charge >= 0.3 is 51.4 Å². The van der Waals surface area contributed by atoms with Gasteiger partial charge in [-0.1, -0.05) is 201 Å². The van der Waals surface area contributed by atoms with Gasteiger partial charge in [0.05, 0.1) is 49.0 Å². The van der Waals surface area contributed by atoms with Crippen molar-refractivity contribution in [1.29, 1.82) is 5.26 Å². The Hall–Kier alpha value is -9.57. The molecular formula is C62H47BrClKN20O9S7. The number of halogens is 2. The number of nitriles is 1. The van der Waals surface area contributed by atoms with E-state index in [9.17, 15) is 44.2 Å². The van der Waals surface area contributed by atoms with Crippen LogP contribution in [0.25, 0.3) is 62.7 Å². The second-order valence-electron chi connectivity index (χ2n) is 19.2. The van der Waals surface area contributed by atoms with E-state index in [1.165, 1.54) is 88.0 Å². The van der Waals surface area contributed by atoms with E-state index in [0.717, 1.165) is 60.9 Å². The molecule has 0 atom stereocenters. The summed E-state index contributed by atoms with van der Waals surface area (Å²) in [6.07, 6.45) is 3.12. The Kier molecular flexibility index (Phi) is 30.3. The third kappa shape index (κ3) is 23.0. The number of anilines is 7. The molecule has 0 aliphatic carbocycles. The number of rotatable bonds is 14. The smallest absolute Gasteiger partial charge is 0.742 e. The van der Waals surface area contributed by atoms with Crippen molar-refractivity contribution in [2.75, 3.05) is 43.8 Å². The number of carbonyl (C=O) groups excluding carboxylic acids is 5. The summed E-state index contributed by atoms with van der Waals surface area (Å²) in [5, 5.41) is 78.5. The van der Waals surface area contributed by atoms with Crippen molar-refractivity contribution in [3.05, 3.63) is 205 Å². The van der Waals surface area contributed by atoms with Crippen molar-refractivity contribution in [3.63, 3.8) is 0 Å². The zero-order valence-electron chi connectivity index (χ0n) is 52.3. The first-order valence-electron chi connectivity index (χ1n) is 28.2. The van der Waals surface area contributed by atoms with Gasteiger partial charge < -0.3 is 39.9 Å². The Bertz CT molecular complexity index is 4990. The average Bonchev–Trinajstić information content (AvgIpc) is 1.65. The first-order chi connectivity index (χ1) is 48.1. The van der Waals surface area contributed by atoms with Crippen LogP contribution in [0.5, 0.6) is 0 Å². The molecule has 5 aromatic carbocycles. The number of hydrogen-bond acceptors (Lipinski definition) is 30. The molecule has 0 aliphatic heterocycles. The summed E-state index contributed by atoms with van der Waals surface area (Å²) in [5.41, 5.74) is 22.5. The molecule has 0 bridgehead atoms. The van der Waals surface area contributed by atoms with E-state index in [4.69, 9.17) is 34.1 Å². The number of alkyl halides is 1. The van der Waals surface area contributed by atoms with E-state index in [1.54, 1.807) is 19.1 Å². The van der Waals surface area contributed by atoms with Crippen molar-refractivity contribution in [1.82, 2.24) is 50.8 Å². The van der Waals surface area contributed by atoms with Gasteiger partial charge in [0, 0.05) is 62.8 Å². The monoisotopic (exact) mass is 1590 g/mol. The second-order valence-corrected chi connectivity index (χ2v) is 26.7. The van der Waals surface area contributed by atoms with Gasteiger partial charge in [-0.25, -0.2) is 9.97 Å². The van der Waals surface area contributed by atoms with E-state index < -0.39 is 15.8 Å². The molecular weight excluding hydrogens is 1550 g/mol. The molecule has 0 spiro atoms. The third-order valence-corrected chi connectivity index (χ3v) is 18.9. The number of nitro benzene ring substituents is 1. The number of nitro groups is 2. The first-order valence-corrected chi connectivity index (χ1v) is 35.0. The molecule has 8 aromatic heterocycles. The number of amides is 4. The number of fused-ring (bicyclic) bond motifs is 2. The van der Waals surface area contributed by atoms with Crippen molar-refractivity contribution in [2.24, 2.45) is 0 Å². The van der Waals surface area contributed by atoms with Crippen molar-refractivity contribution in [2.45, 2.75) is 20.3 Å². The predicted octanol–water partition coefficient (Wildman–Crippen LogP) is 11.1. The van der Waals surface area contributed by atoms with Gasteiger partial charge in [-0.15, -0.1) is 63.5 Å². The number of hydrogen-bond donors (Lipinski definition) is 7. The Morgan fingerprint density at radius 1 is 0.535 bits per heavy atom. The molecule has 10 N–H and O–H groups in total. The van der Waals surface area contributed by atoms with Crippen LogP contribution in [0.15, 0.2) is 164 Å². The molecule has 13 aromatic rings. The maximum absolute atomic E-state index is 12.6. The minimum Gasteiger partial charge on any atom is -0.742 e. The number of carbonyl (C=O) groups is 5. The van der Waals surface area contributed by atoms with Gasteiger partial charge in [-0.3, -0.25) is 55.4 Å². The van der Waals surface area contributed by atoms with E-state index in [0.29, 0.717) is 68.6 Å². The van der Waals surface area contributed by atoms with Gasteiger partial charge in [0.2, 0.25) is 32.3 Å². The molecule has 0 saturated carbocycles. The molecule has 8 heterocycles. The van der Waals surface area contributed by atoms with Crippen LogP contribution in [0.1, 0.15) is 45.2 Å². The molecule has 0 saturated heterocycles. The normalized spacial score (nSPS) is 10.1. The SMILES string of the molecule is CC(=O)[S-].CCC(=O)Nc1nnc(-c2ccccc2)s1.N#Cc1cc([N+](=O)[O-])ccc1Cl.Nc1c(C(=O)Nc2nnc(-c3ccccc3)s2)sc2ncc([N+](=O)[O-])cc12.Nc1cnc2sc(C(=O)Nc3nnc(-c4ccccc4)s3)c(N)c2c1.O=C(CBr)Nc1nnc(-c2ccccc2)s1.[K+]. The van der Waals surface area contributed by atoms with E-state index in [1.807, 2.05) is 121 Å². The third-order valence-electron chi connectivity index (χ3n) is 12.2. The molecule has 101 heavy (non-hydrogen) atoms. The Labute approximate surface area is 657 Å². The van der Waals surface area contributed by atoms with Gasteiger partial charge in [0.1, 0.15) is 51.7 Å². The van der Waals surface area contributed by atoms with Crippen LogP contribution in [0, 0.1) is 31.6 Å². The fraction of sp³-hybridized carbons (Fsp3) is 0.0645. The Balaban J connectivity index is 0.000000179.